The molecule has 1 aromatic heterocycles. The molecule has 0 aromatic carbocycles. The van der Waals surface area contributed by atoms with Gasteiger partial charge in [-0.2, -0.15) is 23.3 Å². The molecular weight excluding hydrogens is 311 g/mol. The van der Waals surface area contributed by atoms with E-state index in [0.29, 0.717) is 19.3 Å². The standard InChI is InChI=1S/C15H16F3N3O2/c16-15(17,18)14(23)11-4-2-1-3-5-12(11)20-21(14)13(22)10-6-8-19-9-7-10/h6-9,11,23H,1-5H2/t11-,14-/m0/s1. The van der Waals surface area contributed by atoms with Crippen molar-refractivity contribution in [1.29, 1.82) is 0 Å². The molecule has 0 unspecified atom stereocenters. The largest absolute Gasteiger partial charge is 0.439 e. The Morgan fingerprint density at radius 2 is 1.96 bits per heavy atom. The van der Waals surface area contributed by atoms with Gasteiger partial charge in [0.25, 0.3) is 11.6 Å². The summed E-state index contributed by atoms with van der Waals surface area (Å²) in [6.07, 6.45) is 0.220. The van der Waals surface area contributed by atoms with Crippen LogP contribution in [0.3, 0.4) is 0 Å². The average molecular weight is 327 g/mol. The zero-order chi connectivity index (χ0) is 16.7. The lowest BCUT2D eigenvalue weighted by atomic mass is 9.87. The maximum absolute atomic E-state index is 13.6. The van der Waals surface area contributed by atoms with Gasteiger partial charge in [-0.05, 0) is 31.4 Å². The van der Waals surface area contributed by atoms with Gasteiger partial charge >= 0.3 is 6.18 Å². The summed E-state index contributed by atoms with van der Waals surface area (Å²) in [5, 5.41) is 14.6. The summed E-state index contributed by atoms with van der Waals surface area (Å²) in [7, 11) is 0. The number of halogens is 3. The van der Waals surface area contributed by atoms with Crippen molar-refractivity contribution in [1.82, 2.24) is 9.99 Å². The molecule has 1 aliphatic carbocycles. The Morgan fingerprint density at radius 1 is 1.26 bits per heavy atom. The van der Waals surface area contributed by atoms with Gasteiger partial charge in [0.2, 0.25) is 0 Å². The van der Waals surface area contributed by atoms with Crippen molar-refractivity contribution in [2.24, 2.45) is 11.0 Å². The minimum absolute atomic E-state index is 0.00323. The lowest BCUT2D eigenvalue weighted by Gasteiger charge is -2.37. The third-order valence-electron chi connectivity index (χ3n) is 4.40. The number of nitrogens with zero attached hydrogens (tertiary/aromatic N) is 3. The maximum atomic E-state index is 13.6. The van der Waals surface area contributed by atoms with E-state index in [1.54, 1.807) is 0 Å². The first-order chi connectivity index (χ1) is 10.9. The predicted molar refractivity (Wildman–Crippen MR) is 75.4 cm³/mol. The topological polar surface area (TPSA) is 65.8 Å². The molecule has 8 heteroatoms. The van der Waals surface area contributed by atoms with Gasteiger partial charge in [0.15, 0.2) is 0 Å². The zero-order valence-corrected chi connectivity index (χ0v) is 12.3. The van der Waals surface area contributed by atoms with Gasteiger partial charge in [-0.3, -0.25) is 9.78 Å². The second-order valence-corrected chi connectivity index (χ2v) is 5.82. The lowest BCUT2D eigenvalue weighted by Crippen LogP contribution is -2.61. The molecule has 0 saturated heterocycles. The average Bonchev–Trinajstić information content (AvgIpc) is 2.68. The van der Waals surface area contributed by atoms with E-state index in [1.807, 2.05) is 0 Å². The second kappa shape index (κ2) is 5.59. The van der Waals surface area contributed by atoms with E-state index in [4.69, 9.17) is 0 Å². The number of alkyl halides is 3. The van der Waals surface area contributed by atoms with Gasteiger partial charge in [0.1, 0.15) is 0 Å². The van der Waals surface area contributed by atoms with Crippen LogP contribution in [0.4, 0.5) is 13.2 Å². The molecule has 0 spiro atoms. The molecule has 0 bridgehead atoms. The number of carbonyl (C=O) groups is 1. The van der Waals surface area contributed by atoms with Crippen LogP contribution >= 0.6 is 0 Å². The summed E-state index contributed by atoms with van der Waals surface area (Å²) in [6.45, 7) is 0. The highest BCUT2D eigenvalue weighted by Crippen LogP contribution is 2.47. The Hall–Kier alpha value is -1.96. The van der Waals surface area contributed by atoms with Gasteiger partial charge in [0, 0.05) is 23.7 Å². The second-order valence-electron chi connectivity index (χ2n) is 5.82. The highest BCUT2D eigenvalue weighted by molar-refractivity contribution is 5.99. The summed E-state index contributed by atoms with van der Waals surface area (Å²) in [5.74, 6) is -2.18. The van der Waals surface area contributed by atoms with Crippen LogP contribution in [0, 0.1) is 5.92 Å². The molecule has 1 aromatic rings. The van der Waals surface area contributed by atoms with Crippen LogP contribution in [0.5, 0.6) is 0 Å². The van der Waals surface area contributed by atoms with Crippen molar-refractivity contribution < 1.29 is 23.1 Å². The fraction of sp³-hybridized carbons (Fsp3) is 0.533. The fourth-order valence-electron chi connectivity index (χ4n) is 3.21. The molecule has 1 aliphatic heterocycles. The first-order valence-corrected chi connectivity index (χ1v) is 7.47. The third kappa shape index (κ3) is 2.50. The highest BCUT2D eigenvalue weighted by atomic mass is 19.4. The van der Waals surface area contributed by atoms with Crippen molar-refractivity contribution in [2.45, 2.75) is 44.0 Å². The van der Waals surface area contributed by atoms with Gasteiger partial charge in [0.05, 0.1) is 5.92 Å². The number of amides is 1. The Kier molecular flexibility index (Phi) is 3.87. The Morgan fingerprint density at radius 3 is 2.61 bits per heavy atom. The summed E-state index contributed by atoms with van der Waals surface area (Å²) < 4.78 is 40.9. The van der Waals surface area contributed by atoms with Crippen LogP contribution in [0.1, 0.15) is 42.5 Å². The third-order valence-corrected chi connectivity index (χ3v) is 4.40. The van der Waals surface area contributed by atoms with Gasteiger partial charge in [-0.1, -0.05) is 12.8 Å². The molecule has 0 radical (unpaired) electrons. The highest BCUT2D eigenvalue weighted by Gasteiger charge is 2.68. The monoisotopic (exact) mass is 327 g/mol. The summed E-state index contributed by atoms with van der Waals surface area (Å²) in [6, 6.07) is 2.60. The van der Waals surface area contributed by atoms with E-state index in [9.17, 15) is 23.1 Å². The first-order valence-electron chi connectivity index (χ1n) is 7.47. The number of aromatic nitrogens is 1. The van der Waals surface area contributed by atoms with Crippen LogP contribution in [0.15, 0.2) is 29.6 Å². The van der Waals surface area contributed by atoms with Crippen molar-refractivity contribution in [3.63, 3.8) is 0 Å². The van der Waals surface area contributed by atoms with Crippen molar-refractivity contribution in [2.75, 3.05) is 0 Å². The number of aliphatic hydroxyl groups is 1. The molecule has 3 rings (SSSR count). The van der Waals surface area contributed by atoms with Crippen LogP contribution in [0.2, 0.25) is 0 Å². The number of carbonyl (C=O) groups excluding carboxylic acids is 1. The number of hydrazone groups is 1. The van der Waals surface area contributed by atoms with E-state index >= 15 is 0 Å². The van der Waals surface area contributed by atoms with Crippen LogP contribution in [0.25, 0.3) is 0 Å². The van der Waals surface area contributed by atoms with Gasteiger partial charge < -0.3 is 5.11 Å². The van der Waals surface area contributed by atoms with E-state index in [2.05, 4.69) is 10.1 Å². The molecule has 2 heterocycles. The normalized spacial score (nSPS) is 28.1. The summed E-state index contributed by atoms with van der Waals surface area (Å²) >= 11 is 0. The fourth-order valence-corrected chi connectivity index (χ4v) is 3.21. The van der Waals surface area contributed by atoms with E-state index < -0.39 is 23.7 Å². The van der Waals surface area contributed by atoms with Crippen LogP contribution in [-0.4, -0.2) is 38.6 Å². The van der Waals surface area contributed by atoms with Crippen LogP contribution in [-0.2, 0) is 0 Å². The molecule has 2 aliphatic rings. The number of rotatable bonds is 1. The van der Waals surface area contributed by atoms with Crippen LogP contribution < -0.4 is 0 Å². The molecule has 1 amide bonds. The van der Waals surface area contributed by atoms with Crippen molar-refractivity contribution in [3.8, 4) is 0 Å². The van der Waals surface area contributed by atoms with Gasteiger partial charge in [-0.15, -0.1) is 0 Å². The van der Waals surface area contributed by atoms with E-state index in [-0.39, 0.29) is 22.7 Å². The summed E-state index contributed by atoms with van der Waals surface area (Å²) in [5.41, 5.74) is -3.03. The number of hydrogen-bond donors (Lipinski definition) is 1. The first kappa shape index (κ1) is 15.9. The molecule has 5 nitrogen and oxygen atoms in total. The SMILES string of the molecule is O=C(c1ccncc1)N1N=C2CCCCC[C@@H]2[C@]1(O)C(F)(F)F. The number of pyridine rings is 1. The molecule has 2 atom stereocenters. The molecule has 1 fully saturated rings. The Bertz CT molecular complexity index is 633. The number of fused-ring (bicyclic) bond motifs is 1. The Labute approximate surface area is 130 Å². The van der Waals surface area contributed by atoms with E-state index in [1.165, 1.54) is 24.5 Å². The van der Waals surface area contributed by atoms with E-state index in [0.717, 1.165) is 6.42 Å². The predicted octanol–water partition coefficient (Wildman–Crippen LogP) is 2.72. The smallest absolute Gasteiger partial charge is 0.362 e. The zero-order valence-electron chi connectivity index (χ0n) is 12.3. The lowest BCUT2D eigenvalue weighted by molar-refractivity contribution is -0.312. The van der Waals surface area contributed by atoms with Gasteiger partial charge in [-0.25, -0.2) is 0 Å². The Balaban J connectivity index is 2.04. The molecular formula is C15H16F3N3O2. The quantitative estimate of drug-likeness (QED) is 0.862. The van der Waals surface area contributed by atoms with Crippen molar-refractivity contribution >= 4 is 11.6 Å². The molecule has 124 valence electrons. The molecule has 23 heavy (non-hydrogen) atoms. The minimum atomic E-state index is -4.99. The molecule has 1 saturated carbocycles. The minimum Gasteiger partial charge on any atom is -0.362 e. The molecule has 1 N–H and O–H groups in total. The number of hydrogen-bond acceptors (Lipinski definition) is 4. The maximum Gasteiger partial charge on any atom is 0.439 e. The van der Waals surface area contributed by atoms with Crippen molar-refractivity contribution in [3.05, 3.63) is 30.1 Å². The summed E-state index contributed by atoms with van der Waals surface area (Å²) in [4.78, 5) is 16.2.